The summed E-state index contributed by atoms with van der Waals surface area (Å²) in [7, 11) is -3.85. The summed E-state index contributed by atoms with van der Waals surface area (Å²) in [6, 6.07) is 11.6. The zero-order chi connectivity index (χ0) is 17.2. The van der Waals surface area contributed by atoms with Gasteiger partial charge in [-0.05, 0) is 42.3 Å². The molecule has 3 rings (SSSR count). The molecule has 2 N–H and O–H groups in total. The van der Waals surface area contributed by atoms with Crippen molar-refractivity contribution in [3.05, 3.63) is 77.0 Å². The molecule has 122 valence electrons. The van der Waals surface area contributed by atoms with E-state index < -0.39 is 15.6 Å². The van der Waals surface area contributed by atoms with Crippen LogP contribution >= 0.6 is 0 Å². The lowest BCUT2D eigenvalue weighted by molar-refractivity contribution is 0.600. The number of hydrogen-bond donors (Lipinski definition) is 2. The van der Waals surface area contributed by atoms with Crippen LogP contribution in [0.3, 0.4) is 0 Å². The maximum atomic E-state index is 12.5. The monoisotopic (exact) mass is 341 g/mol. The Kier molecular flexibility index (Phi) is 4.18. The van der Waals surface area contributed by atoms with Gasteiger partial charge in [0.25, 0.3) is 15.6 Å². The van der Waals surface area contributed by atoms with Gasteiger partial charge in [-0.15, -0.1) is 0 Å². The van der Waals surface area contributed by atoms with Crippen molar-refractivity contribution in [3.63, 3.8) is 0 Å². The Labute approximate surface area is 139 Å². The molecular weight excluding hydrogens is 326 g/mol. The highest BCUT2D eigenvalue weighted by atomic mass is 32.2. The standard InChI is InChI=1S/C17H15N3O3S/c1-12-4-2-3-5-16(12)24(22,23)20-15-10-14(11-19-17(15)21)13-6-8-18-9-7-13/h2-11,20H,1H3,(H,19,21). The van der Waals surface area contributed by atoms with E-state index in [1.807, 2.05) is 0 Å². The number of nitrogens with zero attached hydrogens (tertiary/aromatic N) is 1. The van der Waals surface area contributed by atoms with Gasteiger partial charge in [0.1, 0.15) is 5.69 Å². The molecule has 0 aliphatic rings. The molecule has 0 unspecified atom stereocenters. The zero-order valence-corrected chi connectivity index (χ0v) is 13.7. The molecular formula is C17H15N3O3S. The van der Waals surface area contributed by atoms with Crippen LogP contribution in [-0.4, -0.2) is 18.4 Å². The summed E-state index contributed by atoms with van der Waals surface area (Å²) in [5.41, 5.74) is 1.56. The van der Waals surface area contributed by atoms with Gasteiger partial charge < -0.3 is 4.98 Å². The van der Waals surface area contributed by atoms with Crippen molar-refractivity contribution in [1.29, 1.82) is 0 Å². The fourth-order valence-corrected chi connectivity index (χ4v) is 3.63. The highest BCUT2D eigenvalue weighted by Gasteiger charge is 2.18. The number of sulfonamides is 1. The molecule has 2 heterocycles. The topological polar surface area (TPSA) is 91.9 Å². The van der Waals surface area contributed by atoms with Gasteiger partial charge >= 0.3 is 0 Å². The molecule has 0 amide bonds. The summed E-state index contributed by atoms with van der Waals surface area (Å²) < 4.78 is 27.5. The largest absolute Gasteiger partial charge is 0.327 e. The second-order valence-electron chi connectivity index (χ2n) is 5.24. The van der Waals surface area contributed by atoms with Crippen LogP contribution in [0.5, 0.6) is 0 Å². The summed E-state index contributed by atoms with van der Waals surface area (Å²) in [5, 5.41) is 0. The lowest BCUT2D eigenvalue weighted by Gasteiger charge is -2.10. The van der Waals surface area contributed by atoms with Crippen LogP contribution in [0.4, 0.5) is 5.69 Å². The third kappa shape index (κ3) is 3.21. The first-order valence-corrected chi connectivity index (χ1v) is 8.67. The van der Waals surface area contributed by atoms with Crippen molar-refractivity contribution in [2.45, 2.75) is 11.8 Å². The SMILES string of the molecule is Cc1ccccc1S(=O)(=O)Nc1cc(-c2ccncc2)c[nH]c1=O. The zero-order valence-electron chi connectivity index (χ0n) is 12.9. The van der Waals surface area contributed by atoms with Crippen molar-refractivity contribution >= 4 is 15.7 Å². The van der Waals surface area contributed by atoms with Crippen molar-refractivity contribution < 1.29 is 8.42 Å². The Bertz CT molecular complexity index is 1030. The number of rotatable bonds is 4. The summed E-state index contributed by atoms with van der Waals surface area (Å²) in [6.07, 6.45) is 4.78. The molecule has 0 fully saturated rings. The molecule has 7 heteroatoms. The highest BCUT2D eigenvalue weighted by Crippen LogP contribution is 2.21. The summed E-state index contributed by atoms with van der Waals surface area (Å²) in [6.45, 7) is 1.70. The molecule has 2 aromatic heterocycles. The third-order valence-corrected chi connectivity index (χ3v) is 5.07. The van der Waals surface area contributed by atoms with Gasteiger partial charge in [-0.3, -0.25) is 14.5 Å². The Morgan fingerprint density at radius 3 is 2.46 bits per heavy atom. The van der Waals surface area contributed by atoms with Crippen LogP contribution in [0.1, 0.15) is 5.56 Å². The van der Waals surface area contributed by atoms with Crippen LogP contribution in [-0.2, 0) is 10.0 Å². The number of H-pyrrole nitrogens is 1. The smallest absolute Gasteiger partial charge is 0.272 e. The number of aromatic nitrogens is 2. The highest BCUT2D eigenvalue weighted by molar-refractivity contribution is 7.92. The molecule has 0 atom stereocenters. The lowest BCUT2D eigenvalue weighted by atomic mass is 10.1. The molecule has 0 saturated heterocycles. The van der Waals surface area contributed by atoms with E-state index in [9.17, 15) is 13.2 Å². The molecule has 0 radical (unpaired) electrons. The summed E-state index contributed by atoms with van der Waals surface area (Å²) in [5.74, 6) is 0. The molecule has 0 saturated carbocycles. The van der Waals surface area contributed by atoms with Gasteiger partial charge in [-0.25, -0.2) is 8.42 Å². The first kappa shape index (κ1) is 15.9. The van der Waals surface area contributed by atoms with E-state index in [1.54, 1.807) is 49.6 Å². The van der Waals surface area contributed by atoms with Gasteiger partial charge in [-0.1, -0.05) is 18.2 Å². The van der Waals surface area contributed by atoms with Gasteiger partial charge in [0.15, 0.2) is 0 Å². The minimum atomic E-state index is -3.85. The number of nitrogens with one attached hydrogen (secondary N) is 2. The Morgan fingerprint density at radius 2 is 1.75 bits per heavy atom. The predicted octanol–water partition coefficient (Wildman–Crippen LogP) is 2.55. The molecule has 3 aromatic rings. The number of hydrogen-bond acceptors (Lipinski definition) is 4. The summed E-state index contributed by atoms with van der Waals surface area (Å²) in [4.78, 5) is 18.6. The lowest BCUT2D eigenvalue weighted by Crippen LogP contribution is -2.20. The van der Waals surface area contributed by atoms with Crippen molar-refractivity contribution in [3.8, 4) is 11.1 Å². The summed E-state index contributed by atoms with van der Waals surface area (Å²) >= 11 is 0. The quantitative estimate of drug-likeness (QED) is 0.763. The normalized spacial score (nSPS) is 11.2. The fraction of sp³-hybridized carbons (Fsp3) is 0.0588. The second-order valence-corrected chi connectivity index (χ2v) is 6.89. The van der Waals surface area contributed by atoms with Crippen LogP contribution in [0.25, 0.3) is 11.1 Å². The van der Waals surface area contributed by atoms with Crippen LogP contribution in [0, 0.1) is 6.92 Å². The van der Waals surface area contributed by atoms with E-state index in [4.69, 9.17) is 0 Å². The molecule has 6 nitrogen and oxygen atoms in total. The minimum Gasteiger partial charge on any atom is -0.327 e. The molecule has 0 spiro atoms. The van der Waals surface area contributed by atoms with Crippen molar-refractivity contribution in [2.75, 3.05) is 4.72 Å². The Morgan fingerprint density at radius 1 is 1.04 bits per heavy atom. The predicted molar refractivity (Wildman–Crippen MR) is 92.3 cm³/mol. The first-order chi connectivity index (χ1) is 11.5. The number of pyridine rings is 2. The number of benzene rings is 1. The number of anilines is 1. The Hall–Kier alpha value is -2.93. The van der Waals surface area contributed by atoms with Gasteiger partial charge in [0.05, 0.1) is 4.90 Å². The van der Waals surface area contributed by atoms with E-state index >= 15 is 0 Å². The van der Waals surface area contributed by atoms with Crippen LogP contribution in [0.2, 0.25) is 0 Å². The molecule has 0 aliphatic heterocycles. The van der Waals surface area contributed by atoms with Crippen molar-refractivity contribution in [1.82, 2.24) is 9.97 Å². The van der Waals surface area contributed by atoms with Crippen LogP contribution < -0.4 is 10.3 Å². The molecule has 0 aliphatic carbocycles. The third-order valence-electron chi connectivity index (χ3n) is 3.54. The van der Waals surface area contributed by atoms with Gasteiger partial charge in [-0.2, -0.15) is 0 Å². The van der Waals surface area contributed by atoms with E-state index in [-0.39, 0.29) is 10.6 Å². The number of aromatic amines is 1. The van der Waals surface area contributed by atoms with E-state index in [1.165, 1.54) is 18.3 Å². The fourth-order valence-electron chi connectivity index (χ4n) is 2.33. The average Bonchev–Trinajstić information content (AvgIpc) is 2.58. The second kappa shape index (κ2) is 6.29. The average molecular weight is 341 g/mol. The van der Waals surface area contributed by atoms with Gasteiger partial charge in [0.2, 0.25) is 0 Å². The van der Waals surface area contributed by atoms with E-state index in [0.717, 1.165) is 5.56 Å². The first-order valence-electron chi connectivity index (χ1n) is 7.19. The molecule has 0 bridgehead atoms. The van der Waals surface area contributed by atoms with Gasteiger partial charge in [0, 0.05) is 24.2 Å². The van der Waals surface area contributed by atoms with E-state index in [2.05, 4.69) is 14.7 Å². The Balaban J connectivity index is 2.02. The van der Waals surface area contributed by atoms with Crippen molar-refractivity contribution in [2.24, 2.45) is 0 Å². The van der Waals surface area contributed by atoms with E-state index in [0.29, 0.717) is 11.1 Å². The minimum absolute atomic E-state index is 0.0347. The maximum Gasteiger partial charge on any atom is 0.272 e. The van der Waals surface area contributed by atoms with Crippen LogP contribution in [0.15, 0.2) is 70.7 Å². The molecule has 24 heavy (non-hydrogen) atoms. The number of aryl methyl sites for hydroxylation is 1. The maximum absolute atomic E-state index is 12.5. The molecule has 1 aromatic carbocycles.